The molecule has 0 heterocycles. The fourth-order valence-corrected chi connectivity index (χ4v) is 0.657. The number of carbonyl (C=O) groups is 2. The number of hydrogen-bond donors (Lipinski definition) is 2. The summed E-state index contributed by atoms with van der Waals surface area (Å²) in [4.78, 5) is 21.9. The van der Waals surface area contributed by atoms with Gasteiger partial charge in [-0.2, -0.15) is 0 Å². The number of ether oxygens (including phenoxy) is 1. The van der Waals surface area contributed by atoms with E-state index in [-0.39, 0.29) is 12.3 Å². The van der Waals surface area contributed by atoms with E-state index in [0.29, 0.717) is 13.2 Å². The summed E-state index contributed by atoms with van der Waals surface area (Å²) in [5, 5.41) is -0.665. The molecule has 0 radical (unpaired) electrons. The minimum absolute atomic E-state index is 0.213. The van der Waals surface area contributed by atoms with Gasteiger partial charge < -0.3 is 4.74 Å². The Balaban J connectivity index is 3.49. The Morgan fingerprint density at radius 1 is 1.43 bits per heavy atom. The van der Waals surface area contributed by atoms with E-state index in [4.69, 9.17) is 16.3 Å². The van der Waals surface area contributed by atoms with Crippen molar-refractivity contribution >= 4 is 23.4 Å². The monoisotopic (exact) mass is 222 g/mol. The maximum absolute atomic E-state index is 11.0. The highest BCUT2D eigenvalue weighted by molar-refractivity contribution is 6.30. The highest BCUT2D eigenvalue weighted by atomic mass is 35.5. The minimum atomic E-state index is -0.665. The van der Waals surface area contributed by atoms with Crippen molar-refractivity contribution in [2.45, 2.75) is 25.6 Å². The lowest BCUT2D eigenvalue weighted by Crippen LogP contribution is -2.44. The van der Waals surface area contributed by atoms with E-state index in [0.717, 1.165) is 0 Å². The van der Waals surface area contributed by atoms with Gasteiger partial charge in [0.1, 0.15) is 5.38 Å². The molecule has 0 aromatic carbocycles. The summed E-state index contributed by atoms with van der Waals surface area (Å²) in [6.45, 7) is 4.27. The molecule has 1 unspecified atom stereocenters. The Morgan fingerprint density at radius 2 is 2.07 bits per heavy atom. The van der Waals surface area contributed by atoms with Crippen LogP contribution in [0, 0.1) is 0 Å². The van der Waals surface area contributed by atoms with Gasteiger partial charge in [0.15, 0.2) is 0 Å². The zero-order valence-electron chi connectivity index (χ0n) is 8.30. The Hall–Kier alpha value is -0.810. The first-order chi connectivity index (χ1) is 6.57. The fourth-order valence-electron chi connectivity index (χ4n) is 0.602. The topological polar surface area (TPSA) is 67.4 Å². The van der Waals surface area contributed by atoms with Gasteiger partial charge in [-0.25, -0.2) is 0 Å². The highest BCUT2D eigenvalue weighted by Gasteiger charge is 2.09. The Labute approximate surface area is 88.1 Å². The molecular formula is C8H15ClN2O3. The number of carbonyl (C=O) groups excluding carboxylic acids is 2. The number of halogens is 1. The average Bonchev–Trinajstić information content (AvgIpc) is 2.14. The first-order valence-corrected chi connectivity index (χ1v) is 4.82. The third kappa shape index (κ3) is 6.68. The van der Waals surface area contributed by atoms with Crippen LogP contribution < -0.4 is 10.9 Å². The van der Waals surface area contributed by atoms with E-state index in [9.17, 15) is 9.59 Å². The number of hydrogen-bond acceptors (Lipinski definition) is 3. The van der Waals surface area contributed by atoms with Crippen LogP contribution in [0.1, 0.15) is 20.3 Å². The summed E-state index contributed by atoms with van der Waals surface area (Å²) in [5.74, 6) is -0.736. The van der Waals surface area contributed by atoms with Gasteiger partial charge in [0.25, 0.3) is 5.91 Å². The van der Waals surface area contributed by atoms with Gasteiger partial charge >= 0.3 is 0 Å². The molecule has 0 fully saturated rings. The van der Waals surface area contributed by atoms with Crippen LogP contribution in [0.2, 0.25) is 0 Å². The lowest BCUT2D eigenvalue weighted by Gasteiger charge is -2.07. The predicted molar refractivity (Wildman–Crippen MR) is 52.7 cm³/mol. The van der Waals surface area contributed by atoms with Crippen LogP contribution >= 0.6 is 11.6 Å². The second kappa shape index (κ2) is 7.58. The van der Waals surface area contributed by atoms with Crippen molar-refractivity contribution in [1.29, 1.82) is 0 Å². The number of amides is 2. The van der Waals surface area contributed by atoms with Gasteiger partial charge in [-0.1, -0.05) is 0 Å². The number of nitrogens with one attached hydrogen (secondary N) is 2. The summed E-state index contributed by atoms with van der Waals surface area (Å²) in [6.07, 6.45) is 0.213. The van der Waals surface area contributed by atoms with E-state index in [1.165, 1.54) is 6.92 Å². The summed E-state index contributed by atoms with van der Waals surface area (Å²) >= 11 is 5.45. The first-order valence-electron chi connectivity index (χ1n) is 4.38. The van der Waals surface area contributed by atoms with Crippen molar-refractivity contribution in [1.82, 2.24) is 10.9 Å². The molecule has 0 aliphatic rings. The number of rotatable bonds is 5. The molecule has 82 valence electrons. The molecule has 5 nitrogen and oxygen atoms in total. The molecule has 0 spiro atoms. The number of alkyl halides is 1. The molecule has 0 aromatic heterocycles. The van der Waals surface area contributed by atoms with Gasteiger partial charge in [0, 0.05) is 6.61 Å². The molecule has 0 aliphatic carbocycles. The zero-order chi connectivity index (χ0) is 11.0. The van der Waals surface area contributed by atoms with E-state index >= 15 is 0 Å². The first kappa shape index (κ1) is 13.2. The van der Waals surface area contributed by atoms with Crippen molar-refractivity contribution in [3.63, 3.8) is 0 Å². The molecule has 14 heavy (non-hydrogen) atoms. The van der Waals surface area contributed by atoms with Crippen LogP contribution in [0.5, 0.6) is 0 Å². The van der Waals surface area contributed by atoms with Crippen molar-refractivity contribution < 1.29 is 14.3 Å². The van der Waals surface area contributed by atoms with Gasteiger partial charge in [-0.15, -0.1) is 11.6 Å². The van der Waals surface area contributed by atoms with Crippen molar-refractivity contribution in [3.8, 4) is 0 Å². The molecule has 1 atom stereocenters. The lowest BCUT2D eigenvalue weighted by atomic mass is 10.4. The summed E-state index contributed by atoms with van der Waals surface area (Å²) < 4.78 is 4.96. The Kier molecular flexibility index (Phi) is 7.14. The average molecular weight is 223 g/mol. The van der Waals surface area contributed by atoms with Crippen LogP contribution in [0.15, 0.2) is 0 Å². The van der Waals surface area contributed by atoms with Crippen LogP contribution in [0.4, 0.5) is 0 Å². The molecule has 0 rings (SSSR count). The largest absolute Gasteiger partial charge is 0.381 e. The molecule has 2 amide bonds. The predicted octanol–water partition coefficient (Wildman–Crippen LogP) is 0.188. The van der Waals surface area contributed by atoms with Gasteiger partial charge in [0.05, 0.1) is 13.0 Å². The molecule has 6 heteroatoms. The van der Waals surface area contributed by atoms with Crippen LogP contribution in [0.25, 0.3) is 0 Å². The standard InChI is InChI=1S/C8H15ClN2O3/c1-3-14-5-4-7(12)10-11-8(13)6(2)9/h6H,3-5H2,1-2H3,(H,10,12)(H,11,13). The third-order valence-electron chi connectivity index (χ3n) is 1.36. The normalized spacial score (nSPS) is 11.9. The van der Waals surface area contributed by atoms with E-state index in [2.05, 4.69) is 10.9 Å². The molecule has 2 N–H and O–H groups in total. The van der Waals surface area contributed by atoms with Crippen molar-refractivity contribution in [2.24, 2.45) is 0 Å². The van der Waals surface area contributed by atoms with Gasteiger partial charge in [-0.05, 0) is 13.8 Å². The molecule has 0 saturated heterocycles. The maximum atomic E-state index is 11.0. The smallest absolute Gasteiger partial charge is 0.256 e. The summed E-state index contributed by atoms with van der Waals surface area (Å²) in [6, 6.07) is 0. The zero-order valence-corrected chi connectivity index (χ0v) is 9.06. The maximum Gasteiger partial charge on any atom is 0.256 e. The second-order valence-electron chi connectivity index (χ2n) is 2.60. The van der Waals surface area contributed by atoms with Gasteiger partial charge in [-0.3, -0.25) is 20.4 Å². The fraction of sp³-hybridized carbons (Fsp3) is 0.750. The quantitative estimate of drug-likeness (QED) is 0.396. The summed E-state index contributed by atoms with van der Waals surface area (Å²) in [7, 11) is 0. The highest BCUT2D eigenvalue weighted by Crippen LogP contribution is 1.90. The van der Waals surface area contributed by atoms with E-state index < -0.39 is 11.3 Å². The van der Waals surface area contributed by atoms with Crippen LogP contribution in [-0.2, 0) is 14.3 Å². The Morgan fingerprint density at radius 3 is 2.57 bits per heavy atom. The molecular weight excluding hydrogens is 208 g/mol. The van der Waals surface area contributed by atoms with Crippen LogP contribution in [0.3, 0.4) is 0 Å². The van der Waals surface area contributed by atoms with E-state index in [1.54, 1.807) is 0 Å². The molecule has 0 aliphatic heterocycles. The van der Waals surface area contributed by atoms with Crippen molar-refractivity contribution in [3.05, 3.63) is 0 Å². The second-order valence-corrected chi connectivity index (χ2v) is 3.26. The minimum Gasteiger partial charge on any atom is -0.381 e. The van der Waals surface area contributed by atoms with E-state index in [1.807, 2.05) is 6.92 Å². The number of hydrazine groups is 1. The Bertz CT molecular complexity index is 197. The van der Waals surface area contributed by atoms with Gasteiger partial charge in [0.2, 0.25) is 5.91 Å². The summed E-state index contributed by atoms with van der Waals surface area (Å²) in [5.41, 5.74) is 4.40. The molecule has 0 aromatic rings. The molecule has 0 saturated carbocycles. The molecule has 0 bridgehead atoms. The lowest BCUT2D eigenvalue weighted by molar-refractivity contribution is -0.129. The van der Waals surface area contributed by atoms with Crippen molar-refractivity contribution in [2.75, 3.05) is 13.2 Å². The van der Waals surface area contributed by atoms with Crippen LogP contribution in [-0.4, -0.2) is 30.4 Å². The SMILES string of the molecule is CCOCCC(=O)NNC(=O)C(C)Cl. The third-order valence-corrected chi connectivity index (χ3v) is 1.56.